The van der Waals surface area contributed by atoms with Crippen molar-refractivity contribution in [2.24, 2.45) is 10.9 Å². The Bertz CT molecular complexity index is 866. The first-order valence-electron chi connectivity index (χ1n) is 11.9. The van der Waals surface area contributed by atoms with Crippen LogP contribution in [0.1, 0.15) is 30.9 Å². The van der Waals surface area contributed by atoms with E-state index in [2.05, 4.69) is 67.9 Å². The molecule has 0 aromatic heterocycles. The Labute approximate surface area is 192 Å². The van der Waals surface area contributed by atoms with Crippen molar-refractivity contribution in [3.8, 4) is 5.75 Å². The number of likely N-dealkylation sites (tertiary alicyclic amines) is 1. The summed E-state index contributed by atoms with van der Waals surface area (Å²) in [5, 5.41) is 7.17. The molecule has 2 aromatic rings. The monoisotopic (exact) mass is 435 g/mol. The fourth-order valence-corrected chi connectivity index (χ4v) is 4.95. The van der Waals surface area contributed by atoms with Crippen LogP contribution in [0.25, 0.3) is 0 Å². The van der Waals surface area contributed by atoms with E-state index < -0.39 is 0 Å². The molecule has 2 aliphatic rings. The number of guanidine groups is 1. The van der Waals surface area contributed by atoms with Gasteiger partial charge in [0.25, 0.3) is 0 Å². The Kier molecular flexibility index (Phi) is 7.88. The second kappa shape index (κ2) is 11.2. The van der Waals surface area contributed by atoms with E-state index >= 15 is 0 Å². The summed E-state index contributed by atoms with van der Waals surface area (Å²) in [6, 6.07) is 19.5. The molecule has 0 amide bonds. The van der Waals surface area contributed by atoms with E-state index in [0.29, 0.717) is 12.0 Å². The Morgan fingerprint density at radius 3 is 2.53 bits per heavy atom. The van der Waals surface area contributed by atoms with Gasteiger partial charge < -0.3 is 20.3 Å². The first-order chi connectivity index (χ1) is 15.8. The van der Waals surface area contributed by atoms with Gasteiger partial charge in [-0.3, -0.25) is 9.89 Å². The second-order valence-corrected chi connectivity index (χ2v) is 8.78. The Morgan fingerprint density at radius 1 is 1.03 bits per heavy atom. The van der Waals surface area contributed by atoms with E-state index in [1.807, 2.05) is 19.2 Å². The summed E-state index contributed by atoms with van der Waals surface area (Å²) in [7, 11) is 3.60. The maximum Gasteiger partial charge on any atom is 0.191 e. The molecule has 0 spiro atoms. The molecule has 32 heavy (non-hydrogen) atoms. The first-order valence-corrected chi connectivity index (χ1v) is 11.9. The van der Waals surface area contributed by atoms with Crippen LogP contribution in [0, 0.1) is 5.92 Å². The third-order valence-corrected chi connectivity index (χ3v) is 6.72. The van der Waals surface area contributed by atoms with Gasteiger partial charge in [0.1, 0.15) is 5.75 Å². The molecule has 172 valence electrons. The molecule has 2 aromatic carbocycles. The zero-order valence-electron chi connectivity index (χ0n) is 19.5. The summed E-state index contributed by atoms with van der Waals surface area (Å²) in [5.74, 6) is 2.43. The lowest BCUT2D eigenvalue weighted by molar-refractivity contribution is 0.245. The molecule has 2 unspecified atom stereocenters. The minimum Gasteiger partial charge on any atom is -0.495 e. The van der Waals surface area contributed by atoms with Crippen LogP contribution in [0.15, 0.2) is 59.6 Å². The molecule has 2 saturated heterocycles. The fourth-order valence-electron chi connectivity index (χ4n) is 4.95. The van der Waals surface area contributed by atoms with Gasteiger partial charge in [0.05, 0.1) is 18.8 Å². The standard InChI is InChI=1S/C26H37N5O/c1-27-26(29-19-24(30-15-8-9-16-30)22-10-4-3-5-11-22)28-18-21-14-17-31(20-21)23-12-6-7-13-25(23)32-2/h3-7,10-13,21,24H,8-9,14-20H2,1-2H3,(H2,27,28,29). The molecular weight excluding hydrogens is 398 g/mol. The molecule has 2 N–H and O–H groups in total. The van der Waals surface area contributed by atoms with Gasteiger partial charge in [-0.15, -0.1) is 0 Å². The average Bonchev–Trinajstić information content (AvgIpc) is 3.54. The lowest BCUT2D eigenvalue weighted by Gasteiger charge is -2.29. The summed E-state index contributed by atoms with van der Waals surface area (Å²) >= 11 is 0. The number of hydrogen-bond acceptors (Lipinski definition) is 4. The van der Waals surface area contributed by atoms with Crippen molar-refractivity contribution in [3.63, 3.8) is 0 Å². The Balaban J connectivity index is 1.29. The van der Waals surface area contributed by atoms with Crippen LogP contribution < -0.4 is 20.3 Å². The Hall–Kier alpha value is -2.73. The maximum atomic E-state index is 5.55. The van der Waals surface area contributed by atoms with Crippen molar-refractivity contribution < 1.29 is 4.74 Å². The third kappa shape index (κ3) is 5.54. The zero-order chi connectivity index (χ0) is 22.2. The first kappa shape index (κ1) is 22.5. The molecule has 4 rings (SSSR count). The number of para-hydroxylation sites is 2. The molecule has 0 bridgehead atoms. The lowest BCUT2D eigenvalue weighted by Crippen LogP contribution is -2.44. The lowest BCUT2D eigenvalue weighted by atomic mass is 10.1. The van der Waals surface area contributed by atoms with Crippen molar-refractivity contribution in [3.05, 3.63) is 60.2 Å². The van der Waals surface area contributed by atoms with Gasteiger partial charge in [-0.1, -0.05) is 42.5 Å². The molecule has 6 nitrogen and oxygen atoms in total. The van der Waals surface area contributed by atoms with Gasteiger partial charge in [-0.2, -0.15) is 0 Å². The smallest absolute Gasteiger partial charge is 0.191 e. The van der Waals surface area contributed by atoms with Crippen LogP contribution >= 0.6 is 0 Å². The fraction of sp³-hybridized carbons (Fsp3) is 0.500. The van der Waals surface area contributed by atoms with Crippen LogP contribution in [0.4, 0.5) is 5.69 Å². The van der Waals surface area contributed by atoms with Crippen LogP contribution in [0.5, 0.6) is 5.75 Å². The number of nitrogens with zero attached hydrogens (tertiary/aromatic N) is 3. The highest BCUT2D eigenvalue weighted by atomic mass is 16.5. The van der Waals surface area contributed by atoms with Crippen molar-refractivity contribution >= 4 is 11.6 Å². The third-order valence-electron chi connectivity index (χ3n) is 6.72. The molecule has 2 aliphatic heterocycles. The van der Waals surface area contributed by atoms with E-state index in [4.69, 9.17) is 4.74 Å². The normalized spacial score (nSPS) is 20.4. The quantitative estimate of drug-likeness (QED) is 0.491. The number of hydrogen-bond donors (Lipinski definition) is 2. The van der Waals surface area contributed by atoms with Crippen molar-refractivity contribution in [2.75, 3.05) is 58.3 Å². The molecule has 2 heterocycles. The minimum absolute atomic E-state index is 0.379. The highest BCUT2D eigenvalue weighted by Gasteiger charge is 2.26. The topological polar surface area (TPSA) is 52.1 Å². The second-order valence-electron chi connectivity index (χ2n) is 8.78. The molecule has 2 fully saturated rings. The molecule has 0 radical (unpaired) electrons. The maximum absolute atomic E-state index is 5.55. The van der Waals surface area contributed by atoms with Gasteiger partial charge in [0, 0.05) is 33.2 Å². The van der Waals surface area contributed by atoms with Crippen molar-refractivity contribution in [2.45, 2.75) is 25.3 Å². The van der Waals surface area contributed by atoms with E-state index in [9.17, 15) is 0 Å². The summed E-state index contributed by atoms with van der Waals surface area (Å²) < 4.78 is 5.55. The van der Waals surface area contributed by atoms with E-state index in [1.165, 1.54) is 43.6 Å². The van der Waals surface area contributed by atoms with Crippen molar-refractivity contribution in [1.29, 1.82) is 0 Å². The van der Waals surface area contributed by atoms with Gasteiger partial charge in [0.2, 0.25) is 0 Å². The van der Waals surface area contributed by atoms with E-state index in [1.54, 1.807) is 7.11 Å². The zero-order valence-corrected chi connectivity index (χ0v) is 19.5. The summed E-state index contributed by atoms with van der Waals surface area (Å²) in [6.07, 6.45) is 3.75. The van der Waals surface area contributed by atoms with Crippen LogP contribution in [-0.4, -0.2) is 64.3 Å². The molecular formula is C26H37N5O. The number of benzene rings is 2. The summed E-state index contributed by atoms with van der Waals surface area (Å²) in [5.41, 5.74) is 2.57. The van der Waals surface area contributed by atoms with Gasteiger partial charge in [0.15, 0.2) is 5.96 Å². The molecule has 2 atom stereocenters. The highest BCUT2D eigenvalue weighted by Crippen LogP contribution is 2.31. The largest absolute Gasteiger partial charge is 0.495 e. The van der Waals surface area contributed by atoms with Crippen molar-refractivity contribution in [1.82, 2.24) is 15.5 Å². The average molecular weight is 436 g/mol. The van der Waals surface area contributed by atoms with Gasteiger partial charge in [-0.25, -0.2) is 0 Å². The summed E-state index contributed by atoms with van der Waals surface area (Å²) in [6.45, 7) is 6.23. The molecule has 0 aliphatic carbocycles. The SMILES string of the molecule is CN=C(NCC1CCN(c2ccccc2OC)C1)NCC(c1ccccc1)N1CCCC1. The highest BCUT2D eigenvalue weighted by molar-refractivity contribution is 5.79. The molecule has 6 heteroatoms. The predicted molar refractivity (Wildman–Crippen MR) is 133 cm³/mol. The van der Waals surface area contributed by atoms with E-state index in [0.717, 1.165) is 37.9 Å². The number of aliphatic imine (C=N–C) groups is 1. The predicted octanol–water partition coefficient (Wildman–Crippen LogP) is 3.52. The van der Waals surface area contributed by atoms with Crippen LogP contribution in [0.3, 0.4) is 0 Å². The molecule has 0 saturated carbocycles. The van der Waals surface area contributed by atoms with E-state index in [-0.39, 0.29) is 0 Å². The minimum atomic E-state index is 0.379. The van der Waals surface area contributed by atoms with Gasteiger partial charge >= 0.3 is 0 Å². The van der Waals surface area contributed by atoms with Gasteiger partial charge in [-0.05, 0) is 56.0 Å². The number of rotatable bonds is 8. The number of nitrogens with one attached hydrogen (secondary N) is 2. The van der Waals surface area contributed by atoms with Crippen LogP contribution in [-0.2, 0) is 0 Å². The Morgan fingerprint density at radius 2 is 1.78 bits per heavy atom. The number of ether oxygens (including phenoxy) is 1. The number of methoxy groups -OCH3 is 1. The number of anilines is 1. The van der Waals surface area contributed by atoms with Crippen LogP contribution in [0.2, 0.25) is 0 Å². The summed E-state index contributed by atoms with van der Waals surface area (Å²) in [4.78, 5) is 9.51.